The summed E-state index contributed by atoms with van der Waals surface area (Å²) in [6.45, 7) is 3.99. The van der Waals surface area contributed by atoms with Crippen molar-refractivity contribution in [2.75, 3.05) is 6.54 Å². The quantitative estimate of drug-likeness (QED) is 0.616. The Morgan fingerprint density at radius 2 is 2.00 bits per heavy atom. The number of nitrogens with two attached hydrogens (primary N) is 1. The summed E-state index contributed by atoms with van der Waals surface area (Å²) in [5.41, 5.74) is 4.79. The van der Waals surface area contributed by atoms with Crippen LogP contribution >= 0.6 is 0 Å². The number of hydrogen-bond acceptors (Lipinski definition) is 2. The van der Waals surface area contributed by atoms with Crippen LogP contribution in [0.2, 0.25) is 0 Å². The number of ketones is 1. The standard InChI is InChI=1S/C7H14N2O2/c1-5(2)6(10)3-4-9-7(8)11/h5H,3-4H2,1-2H3,(H3,8,9,11). The highest BCUT2D eigenvalue weighted by Gasteiger charge is 2.05. The van der Waals surface area contributed by atoms with Crippen molar-refractivity contribution in [1.82, 2.24) is 5.32 Å². The maximum absolute atomic E-state index is 10.9. The second kappa shape index (κ2) is 4.71. The van der Waals surface area contributed by atoms with Crippen molar-refractivity contribution < 1.29 is 9.59 Å². The van der Waals surface area contributed by atoms with Crippen LogP contribution in [-0.4, -0.2) is 18.4 Å². The Morgan fingerprint density at radius 1 is 1.45 bits per heavy atom. The van der Waals surface area contributed by atoms with Crippen LogP contribution in [0.25, 0.3) is 0 Å². The fourth-order valence-corrected chi connectivity index (χ4v) is 0.598. The Kier molecular flexibility index (Phi) is 4.26. The summed E-state index contributed by atoms with van der Waals surface area (Å²) in [5, 5.41) is 2.35. The minimum atomic E-state index is -0.582. The second-order valence-corrected chi connectivity index (χ2v) is 2.66. The summed E-state index contributed by atoms with van der Waals surface area (Å²) in [6.07, 6.45) is 0.362. The molecule has 0 heterocycles. The van der Waals surface area contributed by atoms with Gasteiger partial charge in [0.25, 0.3) is 0 Å². The number of carbonyl (C=O) groups is 2. The number of urea groups is 1. The lowest BCUT2D eigenvalue weighted by atomic mass is 10.1. The topological polar surface area (TPSA) is 72.2 Å². The van der Waals surface area contributed by atoms with E-state index in [-0.39, 0.29) is 11.7 Å². The number of carbonyl (C=O) groups excluding carboxylic acids is 2. The maximum Gasteiger partial charge on any atom is 0.312 e. The van der Waals surface area contributed by atoms with E-state index in [9.17, 15) is 9.59 Å². The first-order valence-corrected chi connectivity index (χ1v) is 3.60. The van der Waals surface area contributed by atoms with E-state index in [1.165, 1.54) is 0 Å². The summed E-state index contributed by atoms with van der Waals surface area (Å²) in [6, 6.07) is -0.582. The molecular formula is C7H14N2O2. The molecule has 0 aromatic rings. The molecule has 0 atom stereocenters. The number of Topliss-reactive ketones (excluding diaryl/α,β-unsaturated/α-hetero) is 1. The van der Waals surface area contributed by atoms with Gasteiger partial charge in [-0.3, -0.25) is 4.79 Å². The van der Waals surface area contributed by atoms with Crippen LogP contribution in [0.1, 0.15) is 20.3 Å². The van der Waals surface area contributed by atoms with Crippen molar-refractivity contribution in [3.8, 4) is 0 Å². The molecule has 0 saturated carbocycles. The van der Waals surface area contributed by atoms with Crippen LogP contribution in [0.4, 0.5) is 4.79 Å². The van der Waals surface area contributed by atoms with E-state index < -0.39 is 6.03 Å². The maximum atomic E-state index is 10.9. The SMILES string of the molecule is CC(C)C(=O)CCNC(N)=O. The number of hydrogen-bond donors (Lipinski definition) is 2. The van der Waals surface area contributed by atoms with Gasteiger partial charge in [0.2, 0.25) is 0 Å². The summed E-state index contributed by atoms with van der Waals surface area (Å²) in [5.74, 6) is 0.170. The van der Waals surface area contributed by atoms with Crippen molar-refractivity contribution in [1.29, 1.82) is 0 Å². The van der Waals surface area contributed by atoms with Crippen LogP contribution in [0.3, 0.4) is 0 Å². The molecule has 0 aromatic carbocycles. The molecule has 0 aromatic heterocycles. The zero-order valence-electron chi connectivity index (χ0n) is 6.89. The normalized spacial score (nSPS) is 9.73. The van der Waals surface area contributed by atoms with Gasteiger partial charge in [-0.1, -0.05) is 13.8 Å². The molecule has 11 heavy (non-hydrogen) atoms. The molecule has 0 fully saturated rings. The van der Waals surface area contributed by atoms with E-state index in [1.807, 2.05) is 13.8 Å². The van der Waals surface area contributed by atoms with E-state index in [4.69, 9.17) is 5.73 Å². The van der Waals surface area contributed by atoms with Gasteiger partial charge in [-0.05, 0) is 0 Å². The number of nitrogens with one attached hydrogen (secondary N) is 1. The lowest BCUT2D eigenvalue weighted by molar-refractivity contribution is -0.121. The van der Waals surface area contributed by atoms with Crippen molar-refractivity contribution in [2.45, 2.75) is 20.3 Å². The Hall–Kier alpha value is -1.06. The van der Waals surface area contributed by atoms with Gasteiger partial charge in [0.1, 0.15) is 5.78 Å². The summed E-state index contributed by atoms with van der Waals surface area (Å²) < 4.78 is 0. The lowest BCUT2D eigenvalue weighted by Gasteiger charge is -2.03. The van der Waals surface area contributed by atoms with Gasteiger partial charge in [-0.2, -0.15) is 0 Å². The fraction of sp³-hybridized carbons (Fsp3) is 0.714. The zero-order valence-corrected chi connectivity index (χ0v) is 6.89. The zero-order chi connectivity index (χ0) is 8.85. The summed E-state index contributed by atoms with van der Waals surface area (Å²) in [4.78, 5) is 21.1. The van der Waals surface area contributed by atoms with Crippen LogP contribution < -0.4 is 11.1 Å². The van der Waals surface area contributed by atoms with Gasteiger partial charge in [-0.25, -0.2) is 4.79 Å². The minimum absolute atomic E-state index is 0.0321. The van der Waals surface area contributed by atoms with Gasteiger partial charge in [0, 0.05) is 18.9 Å². The molecule has 64 valence electrons. The predicted molar refractivity (Wildman–Crippen MR) is 42.0 cm³/mol. The third-order valence-electron chi connectivity index (χ3n) is 1.31. The molecule has 0 rings (SSSR count). The van der Waals surface area contributed by atoms with Crippen LogP contribution in [0, 0.1) is 5.92 Å². The Balaban J connectivity index is 3.39. The molecular weight excluding hydrogens is 144 g/mol. The van der Waals surface area contributed by atoms with E-state index in [1.54, 1.807) is 0 Å². The molecule has 0 radical (unpaired) electrons. The van der Waals surface area contributed by atoms with E-state index in [0.29, 0.717) is 13.0 Å². The molecule has 4 nitrogen and oxygen atoms in total. The summed E-state index contributed by atoms with van der Waals surface area (Å²) in [7, 11) is 0. The number of rotatable bonds is 4. The van der Waals surface area contributed by atoms with E-state index in [0.717, 1.165) is 0 Å². The highest BCUT2D eigenvalue weighted by Crippen LogP contribution is 1.96. The number of amides is 2. The van der Waals surface area contributed by atoms with Crippen LogP contribution in [-0.2, 0) is 4.79 Å². The smallest absolute Gasteiger partial charge is 0.312 e. The first kappa shape index (κ1) is 9.94. The Bertz CT molecular complexity index is 155. The van der Waals surface area contributed by atoms with Crippen molar-refractivity contribution in [3.05, 3.63) is 0 Å². The first-order chi connectivity index (χ1) is 5.04. The monoisotopic (exact) mass is 158 g/mol. The first-order valence-electron chi connectivity index (χ1n) is 3.60. The van der Waals surface area contributed by atoms with Crippen molar-refractivity contribution in [3.63, 3.8) is 0 Å². The van der Waals surface area contributed by atoms with Crippen LogP contribution in [0.5, 0.6) is 0 Å². The Labute approximate surface area is 66.1 Å². The van der Waals surface area contributed by atoms with E-state index >= 15 is 0 Å². The molecule has 0 aliphatic rings. The molecule has 0 aliphatic heterocycles. The molecule has 0 bridgehead atoms. The van der Waals surface area contributed by atoms with Gasteiger partial charge < -0.3 is 11.1 Å². The van der Waals surface area contributed by atoms with Gasteiger partial charge in [-0.15, -0.1) is 0 Å². The minimum Gasteiger partial charge on any atom is -0.352 e. The molecule has 0 aliphatic carbocycles. The van der Waals surface area contributed by atoms with Gasteiger partial charge in [0.05, 0.1) is 0 Å². The molecule has 2 amide bonds. The fourth-order valence-electron chi connectivity index (χ4n) is 0.598. The van der Waals surface area contributed by atoms with Crippen molar-refractivity contribution >= 4 is 11.8 Å². The predicted octanol–water partition coefficient (Wildman–Crippen LogP) is 0.270. The molecule has 3 N–H and O–H groups in total. The average molecular weight is 158 g/mol. The molecule has 0 unspecified atom stereocenters. The third kappa shape index (κ3) is 5.39. The molecule has 0 saturated heterocycles. The largest absolute Gasteiger partial charge is 0.352 e. The number of primary amides is 1. The third-order valence-corrected chi connectivity index (χ3v) is 1.31. The van der Waals surface area contributed by atoms with Crippen molar-refractivity contribution in [2.24, 2.45) is 11.7 Å². The molecule has 4 heteroatoms. The highest BCUT2D eigenvalue weighted by molar-refractivity contribution is 5.81. The average Bonchev–Trinajstić information content (AvgIpc) is 1.86. The second-order valence-electron chi connectivity index (χ2n) is 2.66. The van der Waals surface area contributed by atoms with Crippen LogP contribution in [0.15, 0.2) is 0 Å². The van der Waals surface area contributed by atoms with Gasteiger partial charge >= 0.3 is 6.03 Å². The lowest BCUT2D eigenvalue weighted by Crippen LogP contribution is -2.31. The van der Waals surface area contributed by atoms with Gasteiger partial charge in [0.15, 0.2) is 0 Å². The molecule has 0 spiro atoms. The highest BCUT2D eigenvalue weighted by atomic mass is 16.2. The summed E-state index contributed by atoms with van der Waals surface area (Å²) >= 11 is 0. The Morgan fingerprint density at radius 3 is 2.36 bits per heavy atom. The van der Waals surface area contributed by atoms with E-state index in [2.05, 4.69) is 5.32 Å².